The second-order valence-corrected chi connectivity index (χ2v) is 4.90. The number of ether oxygens (including phenoxy) is 1. The molecule has 4 heteroatoms. The van der Waals surface area contributed by atoms with Gasteiger partial charge in [-0.2, -0.15) is 0 Å². The molecule has 0 fully saturated rings. The molecule has 0 spiro atoms. The molecule has 106 valence electrons. The van der Waals surface area contributed by atoms with Crippen LogP contribution in [-0.2, 0) is 6.42 Å². The number of aliphatic hydroxyl groups is 1. The number of aliphatic hydroxyl groups excluding tert-OH is 1. The zero-order valence-corrected chi connectivity index (χ0v) is 11.9. The van der Waals surface area contributed by atoms with Crippen molar-refractivity contribution in [3.63, 3.8) is 0 Å². The van der Waals surface area contributed by atoms with Crippen LogP contribution in [0.5, 0.6) is 5.75 Å². The van der Waals surface area contributed by atoms with Crippen molar-refractivity contribution in [3.05, 3.63) is 58.7 Å². The van der Waals surface area contributed by atoms with E-state index >= 15 is 0 Å². The van der Waals surface area contributed by atoms with Gasteiger partial charge in [0.2, 0.25) is 0 Å². The first-order valence-electron chi connectivity index (χ1n) is 6.45. The lowest BCUT2D eigenvalue weighted by Gasteiger charge is -2.13. The summed E-state index contributed by atoms with van der Waals surface area (Å²) in [5.74, 6) is -0.223. The third-order valence-corrected chi connectivity index (χ3v) is 3.22. The fourth-order valence-corrected chi connectivity index (χ4v) is 2.23. The van der Waals surface area contributed by atoms with Crippen molar-refractivity contribution in [2.24, 2.45) is 0 Å². The first kappa shape index (κ1) is 14.5. The number of benzene rings is 1. The van der Waals surface area contributed by atoms with E-state index in [0.29, 0.717) is 17.7 Å². The Bertz CT molecular complexity index is 613. The summed E-state index contributed by atoms with van der Waals surface area (Å²) in [5, 5.41) is 10.2. The van der Waals surface area contributed by atoms with E-state index in [1.807, 2.05) is 19.9 Å². The Balaban J connectivity index is 2.18. The van der Waals surface area contributed by atoms with E-state index in [9.17, 15) is 9.50 Å². The van der Waals surface area contributed by atoms with Gasteiger partial charge in [0.05, 0.1) is 12.8 Å². The molecule has 0 saturated carbocycles. The van der Waals surface area contributed by atoms with Gasteiger partial charge in [-0.15, -0.1) is 0 Å². The maximum Gasteiger partial charge on any atom is 0.165 e. The molecule has 0 bridgehead atoms. The van der Waals surface area contributed by atoms with Gasteiger partial charge in [0.15, 0.2) is 11.6 Å². The Labute approximate surface area is 118 Å². The quantitative estimate of drug-likeness (QED) is 0.932. The summed E-state index contributed by atoms with van der Waals surface area (Å²) in [7, 11) is 1.42. The van der Waals surface area contributed by atoms with Gasteiger partial charge in [0, 0.05) is 12.6 Å². The Morgan fingerprint density at radius 3 is 2.65 bits per heavy atom. The highest BCUT2D eigenvalue weighted by molar-refractivity contribution is 5.31. The largest absolute Gasteiger partial charge is 0.494 e. The molecule has 1 aromatic carbocycles. The summed E-state index contributed by atoms with van der Waals surface area (Å²) >= 11 is 0. The van der Waals surface area contributed by atoms with Crippen molar-refractivity contribution in [2.45, 2.75) is 26.4 Å². The predicted molar refractivity (Wildman–Crippen MR) is 75.3 cm³/mol. The van der Waals surface area contributed by atoms with Crippen LogP contribution in [0, 0.1) is 19.7 Å². The molecule has 1 N–H and O–H groups in total. The lowest BCUT2D eigenvalue weighted by molar-refractivity contribution is 0.172. The van der Waals surface area contributed by atoms with Crippen LogP contribution in [0.3, 0.4) is 0 Å². The number of hydrogen-bond donors (Lipinski definition) is 1. The average molecular weight is 275 g/mol. The highest BCUT2D eigenvalue weighted by Crippen LogP contribution is 2.23. The van der Waals surface area contributed by atoms with Crippen LogP contribution in [0.15, 0.2) is 30.5 Å². The minimum Gasteiger partial charge on any atom is -0.494 e. The third-order valence-electron chi connectivity index (χ3n) is 3.22. The van der Waals surface area contributed by atoms with Gasteiger partial charge >= 0.3 is 0 Å². The van der Waals surface area contributed by atoms with Gasteiger partial charge in [0.25, 0.3) is 0 Å². The van der Waals surface area contributed by atoms with Crippen LogP contribution in [0.2, 0.25) is 0 Å². The van der Waals surface area contributed by atoms with Crippen molar-refractivity contribution in [1.29, 1.82) is 0 Å². The van der Waals surface area contributed by atoms with Crippen LogP contribution in [-0.4, -0.2) is 17.2 Å². The Hall–Kier alpha value is -1.94. The number of pyridine rings is 1. The highest BCUT2D eigenvalue weighted by Gasteiger charge is 2.14. The molecular formula is C16H18FNO2. The molecule has 3 nitrogen and oxygen atoms in total. The van der Waals surface area contributed by atoms with Crippen LogP contribution in [0.25, 0.3) is 0 Å². The van der Waals surface area contributed by atoms with E-state index in [4.69, 9.17) is 4.74 Å². The van der Waals surface area contributed by atoms with Crippen LogP contribution in [0.4, 0.5) is 4.39 Å². The predicted octanol–water partition coefficient (Wildman–Crippen LogP) is 3.12. The van der Waals surface area contributed by atoms with Gasteiger partial charge in [0.1, 0.15) is 6.10 Å². The van der Waals surface area contributed by atoms with E-state index < -0.39 is 11.9 Å². The average Bonchev–Trinajstić information content (AvgIpc) is 2.38. The maximum absolute atomic E-state index is 13.6. The molecule has 0 aliphatic carbocycles. The van der Waals surface area contributed by atoms with Crippen molar-refractivity contribution < 1.29 is 14.2 Å². The normalized spacial score (nSPS) is 12.2. The molecule has 1 heterocycles. The Kier molecular flexibility index (Phi) is 4.35. The van der Waals surface area contributed by atoms with E-state index in [-0.39, 0.29) is 5.75 Å². The summed E-state index contributed by atoms with van der Waals surface area (Å²) in [5.41, 5.74) is 3.32. The minimum absolute atomic E-state index is 0.202. The summed E-state index contributed by atoms with van der Waals surface area (Å²) in [6.45, 7) is 3.86. The molecule has 1 aromatic heterocycles. The lowest BCUT2D eigenvalue weighted by atomic mass is 10.0. The second-order valence-electron chi connectivity index (χ2n) is 4.90. The molecule has 20 heavy (non-hydrogen) atoms. The first-order valence-corrected chi connectivity index (χ1v) is 6.45. The number of aryl methyl sites for hydroxylation is 2. The fraction of sp³-hybridized carbons (Fsp3) is 0.312. The molecule has 1 unspecified atom stereocenters. The van der Waals surface area contributed by atoms with Gasteiger partial charge in [-0.25, -0.2) is 4.39 Å². The summed E-state index contributed by atoms with van der Waals surface area (Å²) in [6, 6.07) is 6.66. The van der Waals surface area contributed by atoms with Gasteiger partial charge in [-0.05, 0) is 42.7 Å². The van der Waals surface area contributed by atoms with Crippen molar-refractivity contribution >= 4 is 0 Å². The summed E-state index contributed by atoms with van der Waals surface area (Å²) in [6.07, 6.45) is 1.29. The molecule has 0 saturated heterocycles. The zero-order chi connectivity index (χ0) is 14.7. The molecule has 1 atom stereocenters. The van der Waals surface area contributed by atoms with Crippen LogP contribution in [0.1, 0.15) is 28.5 Å². The van der Waals surface area contributed by atoms with E-state index in [2.05, 4.69) is 4.98 Å². The van der Waals surface area contributed by atoms with Crippen LogP contribution >= 0.6 is 0 Å². The number of aromatic nitrogens is 1. The number of methoxy groups -OCH3 is 1. The lowest BCUT2D eigenvalue weighted by Crippen LogP contribution is -2.07. The molecule has 0 aliphatic rings. The van der Waals surface area contributed by atoms with Crippen molar-refractivity contribution in [3.8, 4) is 5.75 Å². The zero-order valence-electron chi connectivity index (χ0n) is 11.9. The van der Waals surface area contributed by atoms with Crippen LogP contribution < -0.4 is 4.74 Å². The number of hydrogen-bond acceptors (Lipinski definition) is 3. The summed E-state index contributed by atoms with van der Waals surface area (Å²) in [4.78, 5) is 4.26. The number of halogens is 1. The monoisotopic (exact) mass is 275 g/mol. The summed E-state index contributed by atoms with van der Waals surface area (Å²) < 4.78 is 18.5. The Morgan fingerprint density at radius 2 is 2.05 bits per heavy atom. The van der Waals surface area contributed by atoms with E-state index in [1.165, 1.54) is 13.2 Å². The molecule has 2 aromatic rings. The van der Waals surface area contributed by atoms with Gasteiger partial charge in [-0.3, -0.25) is 4.98 Å². The highest BCUT2D eigenvalue weighted by atomic mass is 19.1. The first-order chi connectivity index (χ1) is 9.51. The Morgan fingerprint density at radius 1 is 1.30 bits per heavy atom. The number of rotatable bonds is 4. The SMILES string of the molecule is COc1ccc(CC(O)c2ncc(C)cc2C)cc1F. The smallest absolute Gasteiger partial charge is 0.165 e. The topological polar surface area (TPSA) is 42.4 Å². The van der Waals surface area contributed by atoms with Gasteiger partial charge in [-0.1, -0.05) is 12.1 Å². The van der Waals surface area contributed by atoms with Crippen molar-refractivity contribution in [1.82, 2.24) is 4.98 Å². The minimum atomic E-state index is -0.747. The van der Waals surface area contributed by atoms with Gasteiger partial charge < -0.3 is 9.84 Å². The van der Waals surface area contributed by atoms with Crippen molar-refractivity contribution in [2.75, 3.05) is 7.11 Å². The molecule has 2 rings (SSSR count). The molecule has 0 radical (unpaired) electrons. The third kappa shape index (κ3) is 3.14. The maximum atomic E-state index is 13.6. The molecule has 0 amide bonds. The van der Waals surface area contributed by atoms with E-state index in [1.54, 1.807) is 18.3 Å². The molecule has 0 aliphatic heterocycles. The standard InChI is InChI=1S/C16H18FNO2/c1-10-6-11(2)16(18-9-10)14(19)8-12-4-5-15(20-3)13(17)7-12/h4-7,9,14,19H,8H2,1-3H3. The molecular weight excluding hydrogens is 257 g/mol. The van der Waals surface area contributed by atoms with E-state index in [0.717, 1.165) is 11.1 Å². The number of nitrogens with zero attached hydrogens (tertiary/aromatic N) is 1. The second kappa shape index (κ2) is 6.01. The fourth-order valence-electron chi connectivity index (χ4n) is 2.23.